The van der Waals surface area contributed by atoms with Crippen LogP contribution in [0.4, 0.5) is 5.82 Å². The van der Waals surface area contributed by atoms with E-state index < -0.39 is 0 Å². The van der Waals surface area contributed by atoms with Crippen LogP contribution in [0, 0.1) is 0 Å². The lowest BCUT2D eigenvalue weighted by molar-refractivity contribution is 0.181. The molecule has 18 heavy (non-hydrogen) atoms. The first-order valence-corrected chi connectivity index (χ1v) is 6.80. The van der Waals surface area contributed by atoms with Crippen LogP contribution in [0.2, 0.25) is 0 Å². The van der Waals surface area contributed by atoms with Gasteiger partial charge in [-0.05, 0) is 12.8 Å². The van der Waals surface area contributed by atoms with Crippen LogP contribution in [0.15, 0.2) is 6.07 Å². The third kappa shape index (κ3) is 2.99. The molecule has 1 unspecified atom stereocenters. The van der Waals surface area contributed by atoms with Gasteiger partial charge >= 0.3 is 0 Å². The van der Waals surface area contributed by atoms with E-state index in [1.54, 1.807) is 7.11 Å². The SMILES string of the molecule is CNc1cc(C2CCCC2)nc(C(C)COC)n1. The minimum absolute atomic E-state index is 0.239. The van der Waals surface area contributed by atoms with Crippen molar-refractivity contribution in [1.82, 2.24) is 9.97 Å². The van der Waals surface area contributed by atoms with Crippen LogP contribution >= 0.6 is 0 Å². The number of ether oxygens (including phenoxy) is 1. The molecule has 1 aromatic heterocycles. The van der Waals surface area contributed by atoms with Crippen LogP contribution in [0.1, 0.15) is 56.0 Å². The Labute approximate surface area is 109 Å². The van der Waals surface area contributed by atoms with Gasteiger partial charge < -0.3 is 10.1 Å². The van der Waals surface area contributed by atoms with Crippen LogP contribution in [0.3, 0.4) is 0 Å². The van der Waals surface area contributed by atoms with Crippen molar-refractivity contribution >= 4 is 5.82 Å². The van der Waals surface area contributed by atoms with Gasteiger partial charge in [-0.25, -0.2) is 9.97 Å². The molecule has 1 N–H and O–H groups in total. The van der Waals surface area contributed by atoms with Crippen molar-refractivity contribution in [3.63, 3.8) is 0 Å². The summed E-state index contributed by atoms with van der Waals surface area (Å²) in [6, 6.07) is 2.10. The number of methoxy groups -OCH3 is 1. The number of nitrogens with zero attached hydrogens (tertiary/aromatic N) is 2. The van der Waals surface area contributed by atoms with Crippen LogP contribution < -0.4 is 5.32 Å². The highest BCUT2D eigenvalue weighted by Crippen LogP contribution is 2.34. The Bertz CT molecular complexity index is 389. The molecule has 100 valence electrons. The standard InChI is InChI=1S/C14H23N3O/c1-10(9-18-3)14-16-12(8-13(15-2)17-14)11-6-4-5-7-11/h8,10-11H,4-7,9H2,1-3H3,(H,15,16,17). The van der Waals surface area contributed by atoms with Crippen molar-refractivity contribution in [3.05, 3.63) is 17.6 Å². The molecule has 0 saturated heterocycles. The average molecular weight is 249 g/mol. The largest absolute Gasteiger partial charge is 0.384 e. The van der Waals surface area contributed by atoms with Crippen molar-refractivity contribution in [3.8, 4) is 0 Å². The Morgan fingerprint density at radius 2 is 2.11 bits per heavy atom. The van der Waals surface area contributed by atoms with Gasteiger partial charge in [0.2, 0.25) is 0 Å². The van der Waals surface area contributed by atoms with E-state index in [-0.39, 0.29) is 5.92 Å². The van der Waals surface area contributed by atoms with Crippen LogP contribution in [0.25, 0.3) is 0 Å². The zero-order valence-corrected chi connectivity index (χ0v) is 11.6. The second kappa shape index (κ2) is 6.14. The zero-order chi connectivity index (χ0) is 13.0. The van der Waals surface area contributed by atoms with E-state index in [2.05, 4.69) is 23.3 Å². The quantitative estimate of drug-likeness (QED) is 0.871. The number of hydrogen-bond donors (Lipinski definition) is 1. The second-order valence-electron chi connectivity index (χ2n) is 5.12. The van der Waals surface area contributed by atoms with E-state index in [0.29, 0.717) is 12.5 Å². The Morgan fingerprint density at radius 1 is 1.39 bits per heavy atom. The number of rotatable bonds is 5. The van der Waals surface area contributed by atoms with Crippen LogP contribution in [-0.4, -0.2) is 30.7 Å². The van der Waals surface area contributed by atoms with E-state index in [1.165, 1.54) is 31.4 Å². The maximum atomic E-state index is 5.20. The highest BCUT2D eigenvalue weighted by atomic mass is 16.5. The zero-order valence-electron chi connectivity index (χ0n) is 11.6. The molecule has 1 aliphatic rings. The minimum Gasteiger partial charge on any atom is -0.384 e. The molecule has 0 bridgehead atoms. The number of hydrogen-bond acceptors (Lipinski definition) is 4. The van der Waals surface area contributed by atoms with Gasteiger partial charge in [0.1, 0.15) is 11.6 Å². The maximum Gasteiger partial charge on any atom is 0.136 e. The molecule has 0 aliphatic heterocycles. The molecule has 0 spiro atoms. The van der Waals surface area contributed by atoms with Gasteiger partial charge in [-0.2, -0.15) is 0 Å². The predicted molar refractivity (Wildman–Crippen MR) is 73.1 cm³/mol. The Morgan fingerprint density at radius 3 is 2.72 bits per heavy atom. The highest BCUT2D eigenvalue weighted by molar-refractivity contribution is 5.37. The summed E-state index contributed by atoms with van der Waals surface area (Å²) in [5.74, 6) is 2.67. The van der Waals surface area contributed by atoms with Crippen molar-refractivity contribution in [2.45, 2.75) is 44.4 Å². The van der Waals surface area contributed by atoms with Gasteiger partial charge in [0.25, 0.3) is 0 Å². The van der Waals surface area contributed by atoms with Gasteiger partial charge in [0, 0.05) is 37.8 Å². The molecule has 1 saturated carbocycles. The summed E-state index contributed by atoms with van der Waals surface area (Å²) in [4.78, 5) is 9.29. The molecule has 1 aliphatic carbocycles. The van der Waals surface area contributed by atoms with Gasteiger partial charge in [0.05, 0.1) is 6.61 Å². The molecule has 4 heteroatoms. The highest BCUT2D eigenvalue weighted by Gasteiger charge is 2.21. The molecule has 0 radical (unpaired) electrons. The van der Waals surface area contributed by atoms with E-state index in [1.807, 2.05) is 7.05 Å². The molecular weight excluding hydrogens is 226 g/mol. The lowest BCUT2D eigenvalue weighted by Gasteiger charge is -2.15. The lowest BCUT2D eigenvalue weighted by Crippen LogP contribution is -2.11. The fourth-order valence-corrected chi connectivity index (χ4v) is 2.59. The summed E-state index contributed by atoms with van der Waals surface area (Å²) in [6.45, 7) is 2.77. The maximum absolute atomic E-state index is 5.20. The topological polar surface area (TPSA) is 47.0 Å². The lowest BCUT2D eigenvalue weighted by atomic mass is 10.0. The number of nitrogens with one attached hydrogen (secondary N) is 1. The first-order chi connectivity index (χ1) is 8.74. The van der Waals surface area contributed by atoms with Crippen molar-refractivity contribution < 1.29 is 4.74 Å². The smallest absolute Gasteiger partial charge is 0.136 e. The summed E-state index contributed by atoms with van der Waals surface area (Å²) in [5.41, 5.74) is 1.20. The van der Waals surface area contributed by atoms with E-state index in [0.717, 1.165) is 11.6 Å². The fourth-order valence-electron chi connectivity index (χ4n) is 2.59. The van der Waals surface area contributed by atoms with Gasteiger partial charge in [-0.15, -0.1) is 0 Å². The van der Waals surface area contributed by atoms with Crippen LogP contribution in [0.5, 0.6) is 0 Å². The number of aromatic nitrogens is 2. The summed E-state index contributed by atoms with van der Waals surface area (Å²) in [6.07, 6.45) is 5.18. The van der Waals surface area contributed by atoms with E-state index in [9.17, 15) is 0 Å². The molecule has 0 aromatic carbocycles. The van der Waals surface area contributed by atoms with Gasteiger partial charge in [-0.1, -0.05) is 19.8 Å². The first-order valence-electron chi connectivity index (χ1n) is 6.80. The Hall–Kier alpha value is -1.16. The van der Waals surface area contributed by atoms with Crippen molar-refractivity contribution in [1.29, 1.82) is 0 Å². The molecule has 1 fully saturated rings. The fraction of sp³-hybridized carbons (Fsp3) is 0.714. The third-order valence-corrected chi connectivity index (χ3v) is 3.65. The third-order valence-electron chi connectivity index (χ3n) is 3.65. The summed E-state index contributed by atoms with van der Waals surface area (Å²) >= 11 is 0. The van der Waals surface area contributed by atoms with Crippen molar-refractivity contribution in [2.75, 3.05) is 26.1 Å². The molecule has 0 amide bonds. The normalized spacial score (nSPS) is 17.9. The molecule has 1 aromatic rings. The van der Waals surface area contributed by atoms with E-state index >= 15 is 0 Å². The molecule has 4 nitrogen and oxygen atoms in total. The van der Waals surface area contributed by atoms with E-state index in [4.69, 9.17) is 9.72 Å². The Balaban J connectivity index is 2.26. The molecule has 1 heterocycles. The predicted octanol–water partition coefficient (Wildman–Crippen LogP) is 2.93. The van der Waals surface area contributed by atoms with Gasteiger partial charge in [0.15, 0.2) is 0 Å². The monoisotopic (exact) mass is 249 g/mol. The first kappa shape index (κ1) is 13.3. The summed E-state index contributed by atoms with van der Waals surface area (Å²) < 4.78 is 5.20. The van der Waals surface area contributed by atoms with Crippen molar-refractivity contribution in [2.24, 2.45) is 0 Å². The van der Waals surface area contributed by atoms with Gasteiger partial charge in [-0.3, -0.25) is 0 Å². The number of anilines is 1. The molecular formula is C14H23N3O. The molecule has 2 rings (SSSR count). The minimum atomic E-state index is 0.239. The summed E-state index contributed by atoms with van der Waals surface area (Å²) in [5, 5.41) is 3.14. The van der Waals surface area contributed by atoms with Crippen LogP contribution in [-0.2, 0) is 4.74 Å². The Kier molecular flexibility index (Phi) is 4.53. The molecule has 1 atom stereocenters. The second-order valence-corrected chi connectivity index (χ2v) is 5.12. The average Bonchev–Trinajstić information content (AvgIpc) is 2.92. The summed E-state index contributed by atoms with van der Waals surface area (Å²) in [7, 11) is 3.63.